The Morgan fingerprint density at radius 2 is 1.96 bits per heavy atom. The summed E-state index contributed by atoms with van der Waals surface area (Å²) in [4.78, 5) is 19.4. The van der Waals surface area contributed by atoms with E-state index in [1.165, 1.54) is 12.8 Å². The Balaban J connectivity index is 1.43. The third kappa shape index (κ3) is 3.79. The molecule has 5 nitrogen and oxygen atoms in total. The molecule has 4 rings (SSSR count). The molecule has 5 heteroatoms. The van der Waals surface area contributed by atoms with Crippen molar-refractivity contribution in [3.05, 3.63) is 30.1 Å². The van der Waals surface area contributed by atoms with Crippen LogP contribution in [-0.2, 0) is 20.9 Å². The highest BCUT2D eigenvalue weighted by Crippen LogP contribution is 2.36. The number of fused-ring (bicyclic) bond motifs is 2. The molecular formula is C21H30N2O3. The number of amides is 1. The highest BCUT2D eigenvalue weighted by molar-refractivity contribution is 5.79. The predicted octanol–water partition coefficient (Wildman–Crippen LogP) is 3.18. The number of carbonyl (C=O) groups is 1. The zero-order valence-corrected chi connectivity index (χ0v) is 15.7. The van der Waals surface area contributed by atoms with Crippen LogP contribution >= 0.6 is 0 Å². The van der Waals surface area contributed by atoms with Crippen molar-refractivity contribution in [1.82, 2.24) is 9.88 Å². The summed E-state index contributed by atoms with van der Waals surface area (Å²) in [5.74, 6) is 1.30. The molecule has 1 aromatic heterocycles. The van der Waals surface area contributed by atoms with Gasteiger partial charge in [0.2, 0.25) is 5.91 Å². The van der Waals surface area contributed by atoms with Crippen LogP contribution in [0.25, 0.3) is 0 Å². The van der Waals surface area contributed by atoms with Crippen molar-refractivity contribution in [3.8, 4) is 0 Å². The molecule has 0 aromatic carbocycles. The number of hydrogen-bond acceptors (Lipinski definition) is 4. The smallest absolute Gasteiger partial charge is 0.226 e. The Hall–Kier alpha value is -1.46. The lowest BCUT2D eigenvalue weighted by molar-refractivity contribution is -0.141. The fourth-order valence-electron chi connectivity index (χ4n) is 4.80. The minimum absolute atomic E-state index is 0.0165. The summed E-state index contributed by atoms with van der Waals surface area (Å²) in [6.07, 6.45) is 10.1. The van der Waals surface area contributed by atoms with Crippen molar-refractivity contribution in [3.63, 3.8) is 0 Å². The molecule has 142 valence electrons. The largest absolute Gasteiger partial charge is 0.374 e. The van der Waals surface area contributed by atoms with Gasteiger partial charge in [-0.1, -0.05) is 6.92 Å². The average molecular weight is 358 g/mol. The molecule has 1 saturated heterocycles. The fourth-order valence-corrected chi connectivity index (χ4v) is 4.80. The fraction of sp³-hybridized carbons (Fsp3) is 0.714. The van der Waals surface area contributed by atoms with Crippen LogP contribution < -0.4 is 0 Å². The summed E-state index contributed by atoms with van der Waals surface area (Å²) < 4.78 is 12.3. The quantitative estimate of drug-likeness (QED) is 0.829. The Labute approximate surface area is 156 Å². The number of pyridine rings is 1. The van der Waals surface area contributed by atoms with E-state index in [2.05, 4.69) is 16.8 Å². The standard InChI is InChI=1S/C21H30N2O3/c1-15-2-4-17(5-3-15)21(24)23-12-13-25-19-7-6-18(23)20(19)26-14-16-8-10-22-11-9-16/h8-11,15,17-20H,2-7,12-14H2,1H3/t15?,17?,18-,19-,20+/m0/s1. The van der Waals surface area contributed by atoms with Gasteiger partial charge in [0.25, 0.3) is 0 Å². The summed E-state index contributed by atoms with van der Waals surface area (Å²) in [5, 5.41) is 0. The molecule has 2 saturated carbocycles. The van der Waals surface area contributed by atoms with E-state index in [-0.39, 0.29) is 24.2 Å². The lowest BCUT2D eigenvalue weighted by Gasteiger charge is -2.35. The third-order valence-corrected chi connectivity index (χ3v) is 6.40. The number of nitrogens with zero attached hydrogens (tertiary/aromatic N) is 2. The summed E-state index contributed by atoms with van der Waals surface area (Å²) >= 11 is 0. The Kier molecular flexibility index (Phi) is 5.55. The molecule has 1 aromatic rings. The van der Waals surface area contributed by atoms with E-state index in [0.717, 1.165) is 37.2 Å². The van der Waals surface area contributed by atoms with Gasteiger partial charge >= 0.3 is 0 Å². The topological polar surface area (TPSA) is 51.7 Å². The second-order valence-electron chi connectivity index (χ2n) is 8.17. The van der Waals surface area contributed by atoms with Gasteiger partial charge in [0, 0.05) is 24.9 Å². The number of hydrogen-bond donors (Lipinski definition) is 0. The molecular weight excluding hydrogens is 328 g/mol. The second-order valence-corrected chi connectivity index (χ2v) is 8.17. The maximum absolute atomic E-state index is 13.2. The molecule has 2 aliphatic carbocycles. The molecule has 1 amide bonds. The number of rotatable bonds is 4. The van der Waals surface area contributed by atoms with Crippen LogP contribution in [0.1, 0.15) is 51.0 Å². The molecule has 0 spiro atoms. The summed E-state index contributed by atoms with van der Waals surface area (Å²) in [7, 11) is 0. The van der Waals surface area contributed by atoms with Crippen molar-refractivity contribution >= 4 is 5.91 Å². The molecule has 3 fully saturated rings. The first-order valence-electron chi connectivity index (χ1n) is 10.1. The lowest BCUT2D eigenvalue weighted by Crippen LogP contribution is -2.49. The molecule has 3 atom stereocenters. The van der Waals surface area contributed by atoms with E-state index < -0.39 is 0 Å². The lowest BCUT2D eigenvalue weighted by atomic mass is 9.82. The first kappa shape index (κ1) is 17.9. The van der Waals surface area contributed by atoms with E-state index in [9.17, 15) is 4.79 Å². The summed E-state index contributed by atoms with van der Waals surface area (Å²) in [5.41, 5.74) is 1.11. The van der Waals surface area contributed by atoms with Gasteiger partial charge in [0.05, 0.1) is 25.4 Å². The van der Waals surface area contributed by atoms with Crippen LogP contribution in [0.4, 0.5) is 0 Å². The van der Waals surface area contributed by atoms with Gasteiger partial charge in [0.1, 0.15) is 6.10 Å². The van der Waals surface area contributed by atoms with Crippen LogP contribution in [0.3, 0.4) is 0 Å². The molecule has 0 N–H and O–H groups in total. The van der Waals surface area contributed by atoms with Crippen molar-refractivity contribution in [2.24, 2.45) is 11.8 Å². The summed E-state index contributed by atoms with van der Waals surface area (Å²) in [6, 6.07) is 4.12. The number of carbonyl (C=O) groups excluding carboxylic acids is 1. The van der Waals surface area contributed by atoms with Crippen molar-refractivity contribution in [2.45, 2.75) is 70.3 Å². The second kappa shape index (κ2) is 8.05. The molecule has 2 bridgehead atoms. The van der Waals surface area contributed by atoms with Gasteiger partial charge in [0.15, 0.2) is 0 Å². The Morgan fingerprint density at radius 3 is 2.73 bits per heavy atom. The maximum atomic E-state index is 13.2. The summed E-state index contributed by atoms with van der Waals surface area (Å²) in [6.45, 7) is 4.18. The van der Waals surface area contributed by atoms with Crippen LogP contribution in [-0.4, -0.2) is 47.2 Å². The van der Waals surface area contributed by atoms with E-state index in [4.69, 9.17) is 9.47 Å². The first-order valence-corrected chi connectivity index (χ1v) is 10.1. The zero-order chi connectivity index (χ0) is 17.9. The first-order chi connectivity index (χ1) is 12.7. The van der Waals surface area contributed by atoms with Gasteiger partial charge in [-0.2, -0.15) is 0 Å². The van der Waals surface area contributed by atoms with Crippen molar-refractivity contribution in [2.75, 3.05) is 13.2 Å². The molecule has 0 radical (unpaired) electrons. The van der Waals surface area contributed by atoms with Gasteiger partial charge in [-0.05, 0) is 62.1 Å². The van der Waals surface area contributed by atoms with Crippen LogP contribution in [0.15, 0.2) is 24.5 Å². The maximum Gasteiger partial charge on any atom is 0.226 e. The highest BCUT2D eigenvalue weighted by atomic mass is 16.5. The molecule has 1 aliphatic heterocycles. The molecule has 26 heavy (non-hydrogen) atoms. The third-order valence-electron chi connectivity index (χ3n) is 6.40. The predicted molar refractivity (Wildman–Crippen MR) is 98.4 cm³/mol. The monoisotopic (exact) mass is 358 g/mol. The van der Waals surface area contributed by atoms with E-state index in [0.29, 0.717) is 25.7 Å². The van der Waals surface area contributed by atoms with Gasteiger partial charge in [-0.3, -0.25) is 9.78 Å². The minimum atomic E-state index is -0.0165. The molecule has 0 unspecified atom stereocenters. The van der Waals surface area contributed by atoms with Gasteiger partial charge in [-0.25, -0.2) is 0 Å². The van der Waals surface area contributed by atoms with E-state index >= 15 is 0 Å². The van der Waals surface area contributed by atoms with Gasteiger partial charge < -0.3 is 14.4 Å². The number of aromatic nitrogens is 1. The SMILES string of the molecule is CC1CCC(C(=O)N2CCO[C@H]3CC[C@H]2[C@H]3OCc2ccncc2)CC1. The minimum Gasteiger partial charge on any atom is -0.374 e. The van der Waals surface area contributed by atoms with E-state index in [1.807, 2.05) is 12.1 Å². The molecule has 3 aliphatic rings. The normalized spacial score (nSPS) is 34.5. The molecule has 2 heterocycles. The Bertz CT molecular complexity index is 601. The highest BCUT2D eigenvalue weighted by Gasteiger charge is 2.45. The van der Waals surface area contributed by atoms with Crippen LogP contribution in [0, 0.1) is 11.8 Å². The van der Waals surface area contributed by atoms with E-state index in [1.54, 1.807) is 12.4 Å². The average Bonchev–Trinajstić information content (AvgIpc) is 2.96. The zero-order valence-electron chi connectivity index (χ0n) is 15.7. The number of ether oxygens (including phenoxy) is 2. The van der Waals surface area contributed by atoms with Gasteiger partial charge in [-0.15, -0.1) is 0 Å². The van der Waals surface area contributed by atoms with Crippen molar-refractivity contribution in [1.29, 1.82) is 0 Å². The Morgan fingerprint density at radius 1 is 1.19 bits per heavy atom. The van der Waals surface area contributed by atoms with Crippen LogP contribution in [0.2, 0.25) is 0 Å². The van der Waals surface area contributed by atoms with Crippen LogP contribution in [0.5, 0.6) is 0 Å². The van der Waals surface area contributed by atoms with Crippen molar-refractivity contribution < 1.29 is 14.3 Å².